The van der Waals surface area contributed by atoms with Crippen LogP contribution >= 0.6 is 0 Å². The van der Waals surface area contributed by atoms with Gasteiger partial charge in [0.1, 0.15) is 11.5 Å². The van der Waals surface area contributed by atoms with Gasteiger partial charge in [0, 0.05) is 5.92 Å². The molecule has 0 saturated carbocycles. The molecule has 1 aromatic rings. The Labute approximate surface area is 84.9 Å². The number of carbonyl (C=O) groups is 1. The summed E-state index contributed by atoms with van der Waals surface area (Å²) < 4.78 is 5.11. The molecule has 1 unspecified atom stereocenters. The Morgan fingerprint density at radius 1 is 1.50 bits per heavy atom. The number of methoxy groups -OCH3 is 1. The van der Waals surface area contributed by atoms with Crippen molar-refractivity contribution in [2.75, 3.05) is 7.11 Å². The van der Waals surface area contributed by atoms with Crippen molar-refractivity contribution in [1.29, 1.82) is 0 Å². The molecule has 0 spiro atoms. The lowest BCUT2D eigenvalue weighted by Crippen LogP contribution is -2.09. The third-order valence-corrected chi connectivity index (χ3v) is 2.37. The Morgan fingerprint density at radius 2 is 2.21 bits per heavy atom. The summed E-state index contributed by atoms with van der Waals surface area (Å²) in [5.74, 6) is 1.16. The average molecular weight is 192 g/mol. The standard InChI is InChI=1S/C12H16O2/c1-9(10(2)13)7-11-5-4-6-12(8-11)14-3/h4-6,8-9H,7H2,1-3H3. The smallest absolute Gasteiger partial charge is 0.132 e. The predicted octanol–water partition coefficient (Wildman–Crippen LogP) is 2.46. The fourth-order valence-electron chi connectivity index (χ4n) is 1.30. The maximum atomic E-state index is 11.1. The number of carbonyl (C=O) groups excluding carboxylic acids is 1. The van der Waals surface area contributed by atoms with Crippen molar-refractivity contribution < 1.29 is 9.53 Å². The summed E-state index contributed by atoms with van der Waals surface area (Å²) in [6.45, 7) is 3.58. The highest BCUT2D eigenvalue weighted by atomic mass is 16.5. The maximum Gasteiger partial charge on any atom is 0.132 e. The van der Waals surface area contributed by atoms with Crippen LogP contribution in [0, 0.1) is 5.92 Å². The molecule has 0 aliphatic carbocycles. The van der Waals surface area contributed by atoms with Gasteiger partial charge in [0.15, 0.2) is 0 Å². The zero-order chi connectivity index (χ0) is 10.6. The van der Waals surface area contributed by atoms with Gasteiger partial charge in [-0.2, -0.15) is 0 Å². The number of ether oxygens (including phenoxy) is 1. The second kappa shape index (κ2) is 4.80. The van der Waals surface area contributed by atoms with Crippen LogP contribution in [0.25, 0.3) is 0 Å². The summed E-state index contributed by atoms with van der Waals surface area (Å²) in [6, 6.07) is 7.84. The molecule has 14 heavy (non-hydrogen) atoms. The van der Waals surface area contributed by atoms with Gasteiger partial charge in [-0.25, -0.2) is 0 Å². The Kier molecular flexibility index (Phi) is 3.69. The Morgan fingerprint density at radius 3 is 2.79 bits per heavy atom. The summed E-state index contributed by atoms with van der Waals surface area (Å²) in [5, 5.41) is 0. The molecule has 1 atom stereocenters. The van der Waals surface area contributed by atoms with E-state index in [1.807, 2.05) is 31.2 Å². The molecular weight excluding hydrogens is 176 g/mol. The van der Waals surface area contributed by atoms with Crippen LogP contribution in [-0.4, -0.2) is 12.9 Å². The van der Waals surface area contributed by atoms with Gasteiger partial charge in [0.05, 0.1) is 7.11 Å². The van der Waals surface area contributed by atoms with E-state index in [0.29, 0.717) is 0 Å². The molecule has 2 nitrogen and oxygen atoms in total. The molecule has 76 valence electrons. The van der Waals surface area contributed by atoms with Crippen molar-refractivity contribution in [3.05, 3.63) is 29.8 Å². The first-order valence-corrected chi connectivity index (χ1v) is 4.77. The Bertz CT molecular complexity index is 318. The van der Waals surface area contributed by atoms with Crippen LogP contribution in [0.1, 0.15) is 19.4 Å². The first-order chi connectivity index (χ1) is 6.63. The lowest BCUT2D eigenvalue weighted by Gasteiger charge is -2.08. The molecule has 0 heterocycles. The molecule has 0 N–H and O–H groups in total. The highest BCUT2D eigenvalue weighted by molar-refractivity contribution is 5.78. The van der Waals surface area contributed by atoms with Crippen molar-refractivity contribution >= 4 is 5.78 Å². The molecule has 0 fully saturated rings. The van der Waals surface area contributed by atoms with Crippen LogP contribution in [-0.2, 0) is 11.2 Å². The highest BCUT2D eigenvalue weighted by Crippen LogP contribution is 2.16. The van der Waals surface area contributed by atoms with Gasteiger partial charge in [0.25, 0.3) is 0 Å². The van der Waals surface area contributed by atoms with E-state index in [2.05, 4.69) is 0 Å². The molecule has 0 radical (unpaired) electrons. The normalized spacial score (nSPS) is 12.2. The van der Waals surface area contributed by atoms with E-state index in [1.54, 1.807) is 14.0 Å². The van der Waals surface area contributed by atoms with Gasteiger partial charge in [0.2, 0.25) is 0 Å². The maximum absolute atomic E-state index is 11.1. The van der Waals surface area contributed by atoms with E-state index in [-0.39, 0.29) is 11.7 Å². The molecule has 0 aliphatic heterocycles. The first-order valence-electron chi connectivity index (χ1n) is 4.77. The largest absolute Gasteiger partial charge is 0.497 e. The van der Waals surface area contributed by atoms with E-state index >= 15 is 0 Å². The van der Waals surface area contributed by atoms with Gasteiger partial charge in [-0.1, -0.05) is 19.1 Å². The zero-order valence-corrected chi connectivity index (χ0v) is 8.91. The lowest BCUT2D eigenvalue weighted by atomic mass is 9.98. The molecule has 2 heteroatoms. The quantitative estimate of drug-likeness (QED) is 0.732. The number of hydrogen-bond donors (Lipinski definition) is 0. The fraction of sp³-hybridized carbons (Fsp3) is 0.417. The molecule has 1 rings (SSSR count). The second-order valence-corrected chi connectivity index (χ2v) is 3.57. The number of rotatable bonds is 4. The van der Waals surface area contributed by atoms with Gasteiger partial charge in [-0.05, 0) is 31.0 Å². The SMILES string of the molecule is COc1cccc(CC(C)C(C)=O)c1. The average Bonchev–Trinajstić information content (AvgIpc) is 2.18. The summed E-state index contributed by atoms with van der Waals surface area (Å²) in [6.07, 6.45) is 0.784. The fourth-order valence-corrected chi connectivity index (χ4v) is 1.30. The molecule has 0 saturated heterocycles. The molecule has 0 aromatic heterocycles. The topological polar surface area (TPSA) is 26.3 Å². The summed E-state index contributed by atoms with van der Waals surface area (Å²) in [4.78, 5) is 11.1. The van der Waals surface area contributed by atoms with Crippen molar-refractivity contribution in [2.24, 2.45) is 5.92 Å². The minimum absolute atomic E-state index is 0.0853. The lowest BCUT2D eigenvalue weighted by molar-refractivity contribution is -0.120. The van der Waals surface area contributed by atoms with E-state index in [0.717, 1.165) is 17.7 Å². The summed E-state index contributed by atoms with van der Waals surface area (Å²) in [5.41, 5.74) is 1.15. The monoisotopic (exact) mass is 192 g/mol. The van der Waals surface area contributed by atoms with Crippen molar-refractivity contribution in [3.63, 3.8) is 0 Å². The predicted molar refractivity (Wildman–Crippen MR) is 56.5 cm³/mol. The molecule has 0 bridgehead atoms. The minimum Gasteiger partial charge on any atom is -0.497 e. The number of hydrogen-bond acceptors (Lipinski definition) is 2. The van der Waals surface area contributed by atoms with E-state index in [9.17, 15) is 4.79 Å². The van der Waals surface area contributed by atoms with Crippen LogP contribution in [0.5, 0.6) is 5.75 Å². The van der Waals surface area contributed by atoms with E-state index in [1.165, 1.54) is 0 Å². The molecule has 1 aromatic carbocycles. The summed E-state index contributed by atoms with van der Waals surface area (Å²) >= 11 is 0. The number of Topliss-reactive ketones (excluding diaryl/α,β-unsaturated/α-hetero) is 1. The van der Waals surface area contributed by atoms with Crippen molar-refractivity contribution in [1.82, 2.24) is 0 Å². The van der Waals surface area contributed by atoms with Gasteiger partial charge >= 0.3 is 0 Å². The second-order valence-electron chi connectivity index (χ2n) is 3.57. The first kappa shape index (κ1) is 10.8. The third kappa shape index (κ3) is 2.87. The van der Waals surface area contributed by atoms with Crippen LogP contribution in [0.3, 0.4) is 0 Å². The third-order valence-electron chi connectivity index (χ3n) is 2.37. The van der Waals surface area contributed by atoms with Gasteiger partial charge in [-0.15, -0.1) is 0 Å². The van der Waals surface area contributed by atoms with Gasteiger partial charge in [-0.3, -0.25) is 4.79 Å². The molecule has 0 amide bonds. The van der Waals surface area contributed by atoms with Crippen molar-refractivity contribution in [2.45, 2.75) is 20.3 Å². The van der Waals surface area contributed by atoms with Gasteiger partial charge < -0.3 is 4.74 Å². The van der Waals surface area contributed by atoms with Crippen LogP contribution in [0.2, 0.25) is 0 Å². The van der Waals surface area contributed by atoms with Crippen LogP contribution in [0.15, 0.2) is 24.3 Å². The van der Waals surface area contributed by atoms with Crippen LogP contribution < -0.4 is 4.74 Å². The Balaban J connectivity index is 2.71. The molecule has 0 aliphatic rings. The van der Waals surface area contributed by atoms with E-state index in [4.69, 9.17) is 4.74 Å². The number of benzene rings is 1. The van der Waals surface area contributed by atoms with E-state index < -0.39 is 0 Å². The zero-order valence-electron chi connectivity index (χ0n) is 8.91. The number of ketones is 1. The van der Waals surface area contributed by atoms with Crippen LogP contribution in [0.4, 0.5) is 0 Å². The minimum atomic E-state index is 0.0853. The Hall–Kier alpha value is -1.31. The van der Waals surface area contributed by atoms with Crippen molar-refractivity contribution in [3.8, 4) is 5.75 Å². The molecular formula is C12H16O2. The highest BCUT2D eigenvalue weighted by Gasteiger charge is 2.08. The summed E-state index contributed by atoms with van der Waals surface area (Å²) in [7, 11) is 1.65.